The topological polar surface area (TPSA) is 47.4 Å². The second-order valence-electron chi connectivity index (χ2n) is 7.77. The van der Waals surface area contributed by atoms with Crippen LogP contribution in [0.5, 0.6) is 5.75 Å². The standard InChI is InChI=1S/C22H22F3N3O2S/c1-14(2)16-3-5-17(6-4-16)30-12-15-11-18(31-13-15)21(29)27-10-8-19(22(23,24)25)28-20(27)7-9-26-28/h3-7,9,11,13-14,19H,8,10,12H2,1-2H3. The molecule has 3 heterocycles. The lowest BCUT2D eigenvalue weighted by Crippen LogP contribution is -2.42. The zero-order valence-corrected chi connectivity index (χ0v) is 17.9. The van der Waals surface area contributed by atoms with Crippen LogP contribution in [0.25, 0.3) is 0 Å². The van der Waals surface area contributed by atoms with Crippen LogP contribution in [-0.4, -0.2) is 28.4 Å². The third kappa shape index (κ3) is 4.46. The van der Waals surface area contributed by atoms with Gasteiger partial charge in [0.15, 0.2) is 6.04 Å². The fourth-order valence-corrected chi connectivity index (χ4v) is 4.41. The molecular formula is C22H22F3N3O2S. The van der Waals surface area contributed by atoms with Crippen molar-refractivity contribution in [2.75, 3.05) is 11.4 Å². The van der Waals surface area contributed by atoms with E-state index >= 15 is 0 Å². The number of halogens is 3. The first kappa shape index (κ1) is 21.4. The zero-order chi connectivity index (χ0) is 22.2. The SMILES string of the molecule is CC(C)c1ccc(OCc2csc(C(=O)N3CCC(C(F)(F)F)n4nccc43)c2)cc1. The molecule has 2 aromatic heterocycles. The number of hydrogen-bond acceptors (Lipinski definition) is 4. The van der Waals surface area contributed by atoms with Gasteiger partial charge in [-0.1, -0.05) is 26.0 Å². The second-order valence-corrected chi connectivity index (χ2v) is 8.68. The van der Waals surface area contributed by atoms with Gasteiger partial charge in [-0.15, -0.1) is 11.3 Å². The Kier molecular flexibility index (Phi) is 5.79. The van der Waals surface area contributed by atoms with Gasteiger partial charge < -0.3 is 4.74 Å². The molecule has 0 fully saturated rings. The number of hydrogen-bond donors (Lipinski definition) is 0. The minimum Gasteiger partial charge on any atom is -0.489 e. The predicted molar refractivity (Wildman–Crippen MR) is 113 cm³/mol. The van der Waals surface area contributed by atoms with Gasteiger partial charge in [-0.2, -0.15) is 18.3 Å². The van der Waals surface area contributed by atoms with Crippen molar-refractivity contribution in [3.05, 3.63) is 64.0 Å². The van der Waals surface area contributed by atoms with Crippen LogP contribution < -0.4 is 9.64 Å². The van der Waals surface area contributed by atoms with Crippen LogP contribution in [0.15, 0.2) is 48.0 Å². The first-order valence-corrected chi connectivity index (χ1v) is 10.8. The Bertz CT molecular complexity index is 1060. The third-order valence-electron chi connectivity index (χ3n) is 5.29. The molecule has 1 unspecified atom stereocenters. The number of thiophene rings is 1. The minimum atomic E-state index is -4.41. The molecule has 0 bridgehead atoms. The first-order valence-electron chi connectivity index (χ1n) is 9.96. The van der Waals surface area contributed by atoms with E-state index in [0.717, 1.165) is 16.0 Å². The molecule has 0 radical (unpaired) electrons. The van der Waals surface area contributed by atoms with Crippen LogP contribution in [0.2, 0.25) is 0 Å². The van der Waals surface area contributed by atoms with Crippen molar-refractivity contribution >= 4 is 23.1 Å². The number of ether oxygens (including phenoxy) is 1. The molecule has 0 aliphatic carbocycles. The van der Waals surface area contributed by atoms with Crippen LogP contribution in [0.1, 0.15) is 53.0 Å². The number of carbonyl (C=O) groups excluding carboxylic acids is 1. The summed E-state index contributed by atoms with van der Waals surface area (Å²) in [5.74, 6) is 1.01. The highest BCUT2D eigenvalue weighted by atomic mass is 32.1. The molecule has 0 saturated carbocycles. The number of anilines is 1. The van der Waals surface area contributed by atoms with Crippen molar-refractivity contribution < 1.29 is 22.7 Å². The van der Waals surface area contributed by atoms with Crippen LogP contribution in [0.4, 0.5) is 19.0 Å². The van der Waals surface area contributed by atoms with Gasteiger partial charge in [0.25, 0.3) is 5.91 Å². The molecule has 1 aliphatic rings. The van der Waals surface area contributed by atoms with Crippen molar-refractivity contribution in [3.63, 3.8) is 0 Å². The quantitative estimate of drug-likeness (QED) is 0.495. The Morgan fingerprint density at radius 2 is 2.00 bits per heavy atom. The maximum absolute atomic E-state index is 13.3. The summed E-state index contributed by atoms with van der Waals surface area (Å²) in [7, 11) is 0. The molecule has 3 aromatic rings. The smallest absolute Gasteiger partial charge is 0.410 e. The van der Waals surface area contributed by atoms with E-state index in [4.69, 9.17) is 4.74 Å². The van der Waals surface area contributed by atoms with E-state index in [9.17, 15) is 18.0 Å². The molecule has 1 amide bonds. The van der Waals surface area contributed by atoms with E-state index in [1.165, 1.54) is 34.1 Å². The summed E-state index contributed by atoms with van der Waals surface area (Å²) in [5, 5.41) is 5.63. The van der Waals surface area contributed by atoms with Crippen LogP contribution in [-0.2, 0) is 6.61 Å². The van der Waals surface area contributed by atoms with Crippen molar-refractivity contribution in [2.45, 2.75) is 45.0 Å². The molecule has 1 atom stereocenters. The second kappa shape index (κ2) is 8.37. The Hall–Kier alpha value is -2.81. The van der Waals surface area contributed by atoms with Crippen LogP contribution >= 0.6 is 11.3 Å². The molecule has 4 rings (SSSR count). The predicted octanol–water partition coefficient (Wildman–Crippen LogP) is 5.80. The van der Waals surface area contributed by atoms with Gasteiger partial charge >= 0.3 is 6.18 Å². The van der Waals surface area contributed by atoms with Crippen molar-refractivity contribution in [1.82, 2.24) is 9.78 Å². The number of fused-ring (bicyclic) bond motifs is 1. The Labute approximate surface area is 182 Å². The monoisotopic (exact) mass is 449 g/mol. The highest BCUT2D eigenvalue weighted by Crippen LogP contribution is 2.39. The van der Waals surface area contributed by atoms with Crippen molar-refractivity contribution in [2.24, 2.45) is 0 Å². The van der Waals surface area contributed by atoms with Gasteiger partial charge in [-0.3, -0.25) is 9.69 Å². The van der Waals surface area contributed by atoms with Gasteiger partial charge in [0.2, 0.25) is 0 Å². The highest BCUT2D eigenvalue weighted by molar-refractivity contribution is 7.12. The van der Waals surface area contributed by atoms with E-state index in [2.05, 4.69) is 18.9 Å². The fraction of sp³-hybridized carbons (Fsp3) is 0.364. The first-order chi connectivity index (χ1) is 14.7. The zero-order valence-electron chi connectivity index (χ0n) is 17.1. The number of benzene rings is 1. The highest BCUT2D eigenvalue weighted by Gasteiger charge is 2.46. The van der Waals surface area contributed by atoms with Gasteiger partial charge in [-0.25, -0.2) is 4.68 Å². The molecule has 5 nitrogen and oxygen atoms in total. The molecule has 1 aliphatic heterocycles. The number of aromatic nitrogens is 2. The normalized spacial score (nSPS) is 16.5. The summed E-state index contributed by atoms with van der Waals surface area (Å²) in [6, 6.07) is 9.34. The fourth-order valence-electron chi connectivity index (χ4n) is 3.57. The maximum Gasteiger partial charge on any atom is 0.410 e. The van der Waals surface area contributed by atoms with Crippen molar-refractivity contribution in [3.8, 4) is 5.75 Å². The van der Waals surface area contributed by atoms with Crippen LogP contribution in [0, 0.1) is 0 Å². The molecule has 1 aromatic carbocycles. The number of nitrogens with zero attached hydrogens (tertiary/aromatic N) is 3. The Morgan fingerprint density at radius 1 is 1.26 bits per heavy atom. The molecule has 9 heteroatoms. The average Bonchev–Trinajstić information content (AvgIpc) is 3.40. The molecule has 0 N–H and O–H groups in total. The van der Waals surface area contributed by atoms with Gasteiger partial charge in [0.1, 0.15) is 18.2 Å². The van der Waals surface area contributed by atoms with E-state index < -0.39 is 12.2 Å². The minimum absolute atomic E-state index is 0.0133. The number of alkyl halides is 3. The average molecular weight is 449 g/mol. The van der Waals surface area contributed by atoms with E-state index in [0.29, 0.717) is 17.4 Å². The van der Waals surface area contributed by atoms with Crippen molar-refractivity contribution in [1.29, 1.82) is 0 Å². The number of rotatable bonds is 5. The largest absolute Gasteiger partial charge is 0.489 e. The lowest BCUT2D eigenvalue weighted by atomic mass is 10.0. The summed E-state index contributed by atoms with van der Waals surface area (Å²) < 4.78 is 46.5. The maximum atomic E-state index is 13.3. The van der Waals surface area contributed by atoms with E-state index in [-0.39, 0.29) is 24.7 Å². The Balaban J connectivity index is 1.44. The lowest BCUT2D eigenvalue weighted by Gasteiger charge is -2.33. The molecule has 31 heavy (non-hydrogen) atoms. The number of amides is 1. The van der Waals surface area contributed by atoms with Gasteiger partial charge in [0, 0.05) is 18.2 Å². The summed E-state index contributed by atoms with van der Waals surface area (Å²) in [6.07, 6.45) is -3.34. The summed E-state index contributed by atoms with van der Waals surface area (Å²) >= 11 is 1.25. The van der Waals surface area contributed by atoms with Crippen LogP contribution in [0.3, 0.4) is 0 Å². The summed E-state index contributed by atoms with van der Waals surface area (Å²) in [5.41, 5.74) is 2.06. The van der Waals surface area contributed by atoms with E-state index in [1.807, 2.05) is 29.6 Å². The Morgan fingerprint density at radius 3 is 2.68 bits per heavy atom. The van der Waals surface area contributed by atoms with Gasteiger partial charge in [-0.05, 0) is 41.5 Å². The molecular weight excluding hydrogens is 427 g/mol. The summed E-state index contributed by atoms with van der Waals surface area (Å²) in [6.45, 7) is 4.54. The molecule has 0 spiro atoms. The number of carbonyl (C=O) groups is 1. The molecule has 164 valence electrons. The third-order valence-corrected chi connectivity index (χ3v) is 6.25. The van der Waals surface area contributed by atoms with E-state index in [1.54, 1.807) is 6.07 Å². The van der Waals surface area contributed by atoms with Gasteiger partial charge in [0.05, 0.1) is 11.1 Å². The summed E-state index contributed by atoms with van der Waals surface area (Å²) in [4.78, 5) is 14.8. The lowest BCUT2D eigenvalue weighted by molar-refractivity contribution is -0.172. The molecule has 0 saturated heterocycles.